The first kappa shape index (κ1) is 16.0. The molecule has 2 atom stereocenters. The van der Waals surface area contributed by atoms with Crippen molar-refractivity contribution < 1.29 is 9.59 Å². The lowest BCUT2D eigenvalue weighted by atomic mass is 9.90. The van der Waals surface area contributed by atoms with Gasteiger partial charge in [0.15, 0.2) is 0 Å². The van der Waals surface area contributed by atoms with Crippen LogP contribution in [0.5, 0.6) is 0 Å². The molecule has 19 heavy (non-hydrogen) atoms. The van der Waals surface area contributed by atoms with E-state index in [-0.39, 0.29) is 18.5 Å². The number of piperidine rings is 1. The summed E-state index contributed by atoms with van der Waals surface area (Å²) in [4.78, 5) is 25.2. The van der Waals surface area contributed by atoms with E-state index in [2.05, 4.69) is 12.2 Å². The highest BCUT2D eigenvalue weighted by atomic mass is 16.2. The van der Waals surface area contributed by atoms with Crippen LogP contribution in [0.2, 0.25) is 0 Å². The molecule has 3 N–H and O–H groups in total. The van der Waals surface area contributed by atoms with Gasteiger partial charge in [0.1, 0.15) is 0 Å². The van der Waals surface area contributed by atoms with Crippen molar-refractivity contribution in [3.63, 3.8) is 0 Å². The lowest BCUT2D eigenvalue weighted by Crippen LogP contribution is -2.52. The molecule has 0 saturated carbocycles. The van der Waals surface area contributed by atoms with E-state index in [4.69, 9.17) is 5.73 Å². The van der Waals surface area contributed by atoms with Crippen molar-refractivity contribution in [2.45, 2.75) is 46.1 Å². The van der Waals surface area contributed by atoms with Crippen LogP contribution < -0.4 is 11.1 Å². The van der Waals surface area contributed by atoms with E-state index >= 15 is 0 Å². The molecule has 110 valence electrons. The molecule has 1 heterocycles. The van der Waals surface area contributed by atoms with Crippen LogP contribution >= 0.6 is 0 Å². The van der Waals surface area contributed by atoms with Gasteiger partial charge < -0.3 is 16.0 Å². The largest absolute Gasteiger partial charge is 0.368 e. The molecule has 0 aromatic heterocycles. The molecule has 0 aromatic carbocycles. The van der Waals surface area contributed by atoms with Crippen molar-refractivity contribution in [1.82, 2.24) is 10.2 Å². The van der Waals surface area contributed by atoms with Gasteiger partial charge in [0.05, 0.1) is 12.6 Å². The fourth-order valence-electron chi connectivity index (χ4n) is 2.64. The molecule has 0 spiro atoms. The van der Waals surface area contributed by atoms with Crippen LogP contribution in [-0.2, 0) is 9.59 Å². The molecule has 1 rings (SSSR count). The number of carbonyl (C=O) groups is 2. The highest BCUT2D eigenvalue weighted by Gasteiger charge is 2.30. The maximum Gasteiger partial charge on any atom is 0.240 e. The van der Waals surface area contributed by atoms with Crippen LogP contribution in [0.3, 0.4) is 0 Å². The van der Waals surface area contributed by atoms with Crippen molar-refractivity contribution in [3.05, 3.63) is 0 Å². The zero-order valence-electron chi connectivity index (χ0n) is 12.3. The van der Waals surface area contributed by atoms with Crippen molar-refractivity contribution >= 4 is 11.8 Å². The monoisotopic (exact) mass is 269 g/mol. The van der Waals surface area contributed by atoms with Gasteiger partial charge in [-0.15, -0.1) is 0 Å². The van der Waals surface area contributed by atoms with Crippen molar-refractivity contribution in [2.24, 2.45) is 17.6 Å². The highest BCUT2D eigenvalue weighted by molar-refractivity contribution is 5.87. The molecule has 2 amide bonds. The number of nitrogens with two attached hydrogens (primary N) is 1. The van der Waals surface area contributed by atoms with Gasteiger partial charge in [-0.05, 0) is 31.2 Å². The molecule has 0 radical (unpaired) electrons. The number of primary amides is 1. The number of carbonyl (C=O) groups excluding carboxylic acids is 2. The smallest absolute Gasteiger partial charge is 0.240 e. The van der Waals surface area contributed by atoms with E-state index in [1.54, 1.807) is 4.90 Å². The SMILES string of the molecule is CCC1CCNC(C(=O)N(CC(N)=O)CC(C)C)C1. The number of hydrogen-bond acceptors (Lipinski definition) is 3. The lowest BCUT2D eigenvalue weighted by molar-refractivity contribution is -0.138. The summed E-state index contributed by atoms with van der Waals surface area (Å²) in [7, 11) is 0. The Kier molecular flexibility index (Phi) is 6.28. The summed E-state index contributed by atoms with van der Waals surface area (Å²) < 4.78 is 0. The summed E-state index contributed by atoms with van der Waals surface area (Å²) >= 11 is 0. The van der Waals surface area contributed by atoms with Gasteiger partial charge in [0.2, 0.25) is 11.8 Å². The first-order valence-corrected chi connectivity index (χ1v) is 7.24. The normalized spacial score (nSPS) is 23.4. The molecule has 1 aliphatic heterocycles. The molecule has 5 nitrogen and oxygen atoms in total. The van der Waals surface area contributed by atoms with Crippen LogP contribution in [0.15, 0.2) is 0 Å². The molecular weight excluding hydrogens is 242 g/mol. The Balaban J connectivity index is 2.66. The summed E-state index contributed by atoms with van der Waals surface area (Å²) in [5, 5.41) is 3.27. The third-order valence-corrected chi connectivity index (χ3v) is 3.63. The lowest BCUT2D eigenvalue weighted by Gasteiger charge is -2.33. The Morgan fingerprint density at radius 1 is 1.42 bits per heavy atom. The average Bonchev–Trinajstić information content (AvgIpc) is 2.36. The second-order valence-corrected chi connectivity index (χ2v) is 5.88. The molecule has 1 aliphatic rings. The number of hydrogen-bond donors (Lipinski definition) is 2. The van der Waals surface area contributed by atoms with Crippen molar-refractivity contribution in [1.29, 1.82) is 0 Å². The fourth-order valence-corrected chi connectivity index (χ4v) is 2.64. The highest BCUT2D eigenvalue weighted by Crippen LogP contribution is 2.20. The van der Waals surface area contributed by atoms with E-state index in [0.717, 1.165) is 25.8 Å². The predicted octanol–water partition coefficient (Wildman–Crippen LogP) is 0.735. The van der Waals surface area contributed by atoms with Crippen molar-refractivity contribution in [3.8, 4) is 0 Å². The summed E-state index contributed by atoms with van der Waals surface area (Å²) in [6, 6.07) is -0.156. The number of rotatable bonds is 6. The molecule has 0 bridgehead atoms. The first-order valence-electron chi connectivity index (χ1n) is 7.24. The van der Waals surface area contributed by atoms with Crippen LogP contribution in [0.1, 0.15) is 40.0 Å². The predicted molar refractivity (Wildman–Crippen MR) is 75.4 cm³/mol. The Bertz CT molecular complexity index is 318. The van der Waals surface area contributed by atoms with Gasteiger partial charge in [-0.25, -0.2) is 0 Å². The maximum atomic E-state index is 12.5. The third-order valence-electron chi connectivity index (χ3n) is 3.63. The van der Waals surface area contributed by atoms with E-state index in [0.29, 0.717) is 18.4 Å². The van der Waals surface area contributed by atoms with Crippen LogP contribution in [0.25, 0.3) is 0 Å². The standard InChI is InChI=1S/C14H27N3O2/c1-4-11-5-6-16-12(7-11)14(19)17(8-10(2)3)9-13(15)18/h10-12,16H,4-9H2,1-3H3,(H2,15,18). The van der Waals surface area contributed by atoms with E-state index in [9.17, 15) is 9.59 Å². The zero-order valence-corrected chi connectivity index (χ0v) is 12.3. The van der Waals surface area contributed by atoms with Crippen LogP contribution in [0.4, 0.5) is 0 Å². The molecule has 1 saturated heterocycles. The van der Waals surface area contributed by atoms with Gasteiger partial charge >= 0.3 is 0 Å². The van der Waals surface area contributed by atoms with Gasteiger partial charge in [-0.1, -0.05) is 27.2 Å². The Morgan fingerprint density at radius 3 is 2.63 bits per heavy atom. The number of amides is 2. The van der Waals surface area contributed by atoms with Crippen LogP contribution in [-0.4, -0.2) is 42.4 Å². The second kappa shape index (κ2) is 7.48. The minimum absolute atomic E-state index is 0.0191. The zero-order chi connectivity index (χ0) is 14.4. The van der Waals surface area contributed by atoms with Crippen LogP contribution in [0, 0.1) is 11.8 Å². The Labute approximate surface area is 115 Å². The molecule has 5 heteroatoms. The average molecular weight is 269 g/mol. The van der Waals surface area contributed by atoms with Crippen molar-refractivity contribution in [2.75, 3.05) is 19.6 Å². The van der Waals surface area contributed by atoms with E-state index in [1.807, 2.05) is 13.8 Å². The summed E-state index contributed by atoms with van der Waals surface area (Å²) in [6.07, 6.45) is 3.09. The molecule has 2 unspecified atom stereocenters. The first-order chi connectivity index (χ1) is 8.93. The second-order valence-electron chi connectivity index (χ2n) is 5.88. The summed E-state index contributed by atoms with van der Waals surface area (Å²) in [5.41, 5.74) is 5.24. The molecule has 0 aliphatic carbocycles. The quantitative estimate of drug-likeness (QED) is 0.746. The minimum Gasteiger partial charge on any atom is -0.368 e. The topological polar surface area (TPSA) is 75.4 Å². The molecule has 1 fully saturated rings. The summed E-state index contributed by atoms with van der Waals surface area (Å²) in [6.45, 7) is 7.70. The number of nitrogens with one attached hydrogen (secondary N) is 1. The number of nitrogens with zero attached hydrogens (tertiary/aromatic N) is 1. The van der Waals surface area contributed by atoms with E-state index in [1.165, 1.54) is 0 Å². The Hall–Kier alpha value is -1.10. The molecular formula is C14H27N3O2. The maximum absolute atomic E-state index is 12.5. The summed E-state index contributed by atoms with van der Waals surface area (Å²) in [5.74, 6) is 0.501. The van der Waals surface area contributed by atoms with Gasteiger partial charge in [-0.2, -0.15) is 0 Å². The van der Waals surface area contributed by atoms with E-state index < -0.39 is 5.91 Å². The fraction of sp³-hybridized carbons (Fsp3) is 0.857. The van der Waals surface area contributed by atoms with Gasteiger partial charge in [-0.3, -0.25) is 9.59 Å². The van der Waals surface area contributed by atoms with Gasteiger partial charge in [0, 0.05) is 6.54 Å². The van der Waals surface area contributed by atoms with Gasteiger partial charge in [0.25, 0.3) is 0 Å². The minimum atomic E-state index is -0.447. The molecule has 0 aromatic rings. The Morgan fingerprint density at radius 2 is 2.11 bits per heavy atom. The third kappa shape index (κ3) is 5.19.